The standard InChI is InChI=1S/C21H25N3O2S/c1-3-4-6-9-17-14-19-15(2)20(16-12-13-16)24(21(19)23-22-17)27(25,26)18-10-7-5-8-11-18/h5,7-8,10-11,14,16H,3-4,6,9,12-13H2,1-2H3. The summed E-state index contributed by atoms with van der Waals surface area (Å²) in [4.78, 5) is 0.289. The van der Waals surface area contributed by atoms with E-state index in [1.807, 2.05) is 19.1 Å². The van der Waals surface area contributed by atoms with Gasteiger partial charge in [-0.05, 0) is 56.4 Å². The fraction of sp³-hybridized carbons (Fsp3) is 0.429. The van der Waals surface area contributed by atoms with E-state index in [0.717, 1.165) is 60.9 Å². The minimum absolute atomic E-state index is 0.289. The Morgan fingerprint density at radius 1 is 1.11 bits per heavy atom. The van der Waals surface area contributed by atoms with Gasteiger partial charge in [-0.25, -0.2) is 12.4 Å². The third-order valence-corrected chi connectivity index (χ3v) is 7.02. The van der Waals surface area contributed by atoms with Crippen LogP contribution in [0.3, 0.4) is 0 Å². The summed E-state index contributed by atoms with van der Waals surface area (Å²) in [6.07, 6.45) is 6.33. The molecule has 1 aliphatic carbocycles. The molecule has 0 aliphatic heterocycles. The second-order valence-electron chi connectivity index (χ2n) is 7.40. The maximum absolute atomic E-state index is 13.4. The average Bonchev–Trinajstić information content (AvgIpc) is 3.47. The molecule has 0 radical (unpaired) electrons. The summed E-state index contributed by atoms with van der Waals surface area (Å²) in [5.74, 6) is 0.293. The molecule has 0 saturated heterocycles. The maximum atomic E-state index is 13.4. The van der Waals surface area contributed by atoms with Crippen molar-refractivity contribution in [2.75, 3.05) is 0 Å². The van der Waals surface area contributed by atoms with Crippen LogP contribution in [0.15, 0.2) is 41.3 Å². The van der Waals surface area contributed by atoms with E-state index >= 15 is 0 Å². The third kappa shape index (κ3) is 3.27. The lowest BCUT2D eigenvalue weighted by atomic mass is 10.1. The summed E-state index contributed by atoms with van der Waals surface area (Å²) in [7, 11) is -3.70. The minimum Gasteiger partial charge on any atom is -0.219 e. The van der Waals surface area contributed by atoms with Gasteiger partial charge in [-0.3, -0.25) is 0 Å². The second-order valence-corrected chi connectivity index (χ2v) is 9.18. The van der Waals surface area contributed by atoms with E-state index in [2.05, 4.69) is 17.1 Å². The van der Waals surface area contributed by atoms with Crippen LogP contribution in [-0.4, -0.2) is 22.6 Å². The summed E-state index contributed by atoms with van der Waals surface area (Å²) < 4.78 is 28.3. The van der Waals surface area contributed by atoms with Crippen LogP contribution >= 0.6 is 0 Å². The van der Waals surface area contributed by atoms with E-state index in [-0.39, 0.29) is 4.90 Å². The quantitative estimate of drug-likeness (QED) is 0.560. The van der Waals surface area contributed by atoms with Crippen molar-refractivity contribution in [3.8, 4) is 0 Å². The molecule has 1 aliphatic rings. The van der Waals surface area contributed by atoms with E-state index in [0.29, 0.717) is 11.6 Å². The number of unbranched alkanes of at least 4 members (excludes halogenated alkanes) is 2. The zero-order valence-electron chi connectivity index (χ0n) is 15.9. The van der Waals surface area contributed by atoms with Crippen LogP contribution in [0, 0.1) is 6.92 Å². The van der Waals surface area contributed by atoms with Gasteiger partial charge in [0.2, 0.25) is 0 Å². The molecule has 4 rings (SSSR count). The molecule has 0 N–H and O–H groups in total. The summed E-state index contributed by atoms with van der Waals surface area (Å²) in [5, 5.41) is 9.64. The average molecular weight is 384 g/mol. The Morgan fingerprint density at radius 2 is 1.85 bits per heavy atom. The molecule has 6 heteroatoms. The zero-order chi connectivity index (χ0) is 19.0. The van der Waals surface area contributed by atoms with E-state index < -0.39 is 10.0 Å². The molecule has 27 heavy (non-hydrogen) atoms. The summed E-state index contributed by atoms with van der Waals surface area (Å²) in [5.41, 5.74) is 3.31. The molecule has 1 fully saturated rings. The van der Waals surface area contributed by atoms with Gasteiger partial charge in [0.1, 0.15) is 0 Å². The van der Waals surface area contributed by atoms with Crippen LogP contribution in [0.2, 0.25) is 0 Å². The van der Waals surface area contributed by atoms with Gasteiger partial charge in [-0.1, -0.05) is 38.0 Å². The Balaban J connectivity index is 1.88. The first kappa shape index (κ1) is 18.2. The van der Waals surface area contributed by atoms with Crippen molar-refractivity contribution < 1.29 is 8.42 Å². The lowest BCUT2D eigenvalue weighted by Crippen LogP contribution is -2.16. The van der Waals surface area contributed by atoms with Crippen molar-refractivity contribution in [1.29, 1.82) is 0 Å². The van der Waals surface area contributed by atoms with Crippen molar-refractivity contribution in [3.63, 3.8) is 0 Å². The SMILES string of the molecule is CCCCCc1cc2c(C)c(C3CC3)n(S(=O)(=O)c3ccccc3)c2nn1. The number of rotatable bonds is 7. The van der Waals surface area contributed by atoms with Gasteiger partial charge in [0.05, 0.1) is 10.6 Å². The van der Waals surface area contributed by atoms with Crippen LogP contribution in [0.25, 0.3) is 11.0 Å². The molecule has 2 aromatic heterocycles. The highest BCUT2D eigenvalue weighted by atomic mass is 32.2. The zero-order valence-corrected chi connectivity index (χ0v) is 16.7. The Labute approximate surface area is 160 Å². The highest BCUT2D eigenvalue weighted by molar-refractivity contribution is 7.90. The van der Waals surface area contributed by atoms with E-state index in [4.69, 9.17) is 0 Å². The monoisotopic (exact) mass is 383 g/mol. The fourth-order valence-corrected chi connectivity index (χ4v) is 5.32. The molecule has 3 aromatic rings. The first-order valence-corrected chi connectivity index (χ1v) is 11.2. The van der Waals surface area contributed by atoms with Crippen LogP contribution < -0.4 is 0 Å². The Hall–Kier alpha value is -2.21. The molecule has 2 heterocycles. The normalized spacial score (nSPS) is 14.7. The number of hydrogen-bond donors (Lipinski definition) is 0. The molecule has 142 valence electrons. The number of nitrogens with zero attached hydrogens (tertiary/aromatic N) is 3. The van der Waals surface area contributed by atoms with Crippen LogP contribution in [0.1, 0.15) is 61.9 Å². The summed E-state index contributed by atoms with van der Waals surface area (Å²) in [6.45, 7) is 4.19. The van der Waals surface area contributed by atoms with Crippen molar-refractivity contribution in [2.45, 2.75) is 63.2 Å². The van der Waals surface area contributed by atoms with Gasteiger partial charge in [-0.2, -0.15) is 5.10 Å². The highest BCUT2D eigenvalue weighted by Gasteiger charge is 2.35. The smallest absolute Gasteiger partial charge is 0.219 e. The van der Waals surface area contributed by atoms with Crippen LogP contribution in [0.4, 0.5) is 0 Å². The Kier molecular flexibility index (Phi) is 4.76. The van der Waals surface area contributed by atoms with Crippen LogP contribution in [-0.2, 0) is 16.4 Å². The Bertz CT molecular complexity index is 1070. The first-order valence-electron chi connectivity index (χ1n) is 9.72. The van der Waals surface area contributed by atoms with E-state index in [1.54, 1.807) is 24.3 Å². The van der Waals surface area contributed by atoms with Gasteiger partial charge in [0.25, 0.3) is 10.0 Å². The van der Waals surface area contributed by atoms with E-state index in [1.165, 1.54) is 3.97 Å². The van der Waals surface area contributed by atoms with Crippen LogP contribution in [0.5, 0.6) is 0 Å². The van der Waals surface area contributed by atoms with E-state index in [9.17, 15) is 8.42 Å². The van der Waals surface area contributed by atoms with Crippen molar-refractivity contribution in [1.82, 2.24) is 14.2 Å². The molecule has 0 bridgehead atoms. The topological polar surface area (TPSA) is 64.8 Å². The van der Waals surface area contributed by atoms with Gasteiger partial charge in [-0.15, -0.1) is 5.10 Å². The predicted octanol–water partition coefficient (Wildman–Crippen LogP) is 4.59. The first-order chi connectivity index (χ1) is 13.0. The minimum atomic E-state index is -3.70. The van der Waals surface area contributed by atoms with Crippen molar-refractivity contribution >= 4 is 21.1 Å². The van der Waals surface area contributed by atoms with Gasteiger partial charge < -0.3 is 0 Å². The molecule has 0 atom stereocenters. The lowest BCUT2D eigenvalue weighted by molar-refractivity contribution is 0.586. The van der Waals surface area contributed by atoms with Gasteiger partial charge in [0.15, 0.2) is 5.65 Å². The van der Waals surface area contributed by atoms with Crippen molar-refractivity contribution in [3.05, 3.63) is 53.3 Å². The number of benzene rings is 1. The number of aromatic nitrogens is 3. The molecule has 0 spiro atoms. The molecule has 1 aromatic carbocycles. The van der Waals surface area contributed by atoms with Crippen molar-refractivity contribution in [2.24, 2.45) is 0 Å². The summed E-state index contributed by atoms with van der Waals surface area (Å²) in [6, 6.07) is 10.6. The number of hydrogen-bond acceptors (Lipinski definition) is 4. The molecular weight excluding hydrogens is 358 g/mol. The summed E-state index contributed by atoms with van der Waals surface area (Å²) >= 11 is 0. The second kappa shape index (κ2) is 7.08. The molecule has 5 nitrogen and oxygen atoms in total. The number of fused-ring (bicyclic) bond motifs is 1. The maximum Gasteiger partial charge on any atom is 0.269 e. The largest absolute Gasteiger partial charge is 0.269 e. The van der Waals surface area contributed by atoms with Gasteiger partial charge in [0, 0.05) is 17.0 Å². The molecule has 0 amide bonds. The molecule has 1 saturated carbocycles. The highest BCUT2D eigenvalue weighted by Crippen LogP contribution is 2.45. The molecule has 0 unspecified atom stereocenters. The third-order valence-electron chi connectivity index (χ3n) is 5.31. The van der Waals surface area contributed by atoms with Gasteiger partial charge >= 0.3 is 0 Å². The molecular formula is C21H25N3O2S. The fourth-order valence-electron chi connectivity index (χ4n) is 3.70. The number of aryl methyl sites for hydroxylation is 2. The lowest BCUT2D eigenvalue weighted by Gasteiger charge is -2.11. The predicted molar refractivity (Wildman–Crippen MR) is 106 cm³/mol. The Morgan fingerprint density at radius 3 is 2.52 bits per heavy atom.